The van der Waals surface area contributed by atoms with Gasteiger partial charge in [0.25, 0.3) is 0 Å². The van der Waals surface area contributed by atoms with Crippen LogP contribution in [0.5, 0.6) is 17.2 Å². The average Bonchev–Trinajstić information content (AvgIpc) is 3.21. The number of fused-ring (bicyclic) bond motifs is 4. The van der Waals surface area contributed by atoms with Crippen molar-refractivity contribution in [1.82, 2.24) is 10.4 Å². The van der Waals surface area contributed by atoms with E-state index >= 15 is 0 Å². The highest BCUT2D eigenvalue weighted by molar-refractivity contribution is 5.98. The molecule has 3 fully saturated rings. The van der Waals surface area contributed by atoms with E-state index < -0.39 is 0 Å². The Kier molecular flexibility index (Phi) is 4.00. The smallest absolute Gasteiger partial charge is 0.231 e. The van der Waals surface area contributed by atoms with Gasteiger partial charge in [-0.05, 0) is 42.7 Å². The molecule has 29 heavy (non-hydrogen) atoms. The Morgan fingerprint density at radius 1 is 1.10 bits per heavy atom. The van der Waals surface area contributed by atoms with Crippen molar-refractivity contribution >= 4 is 5.78 Å². The van der Waals surface area contributed by atoms with Crippen LogP contribution in [0.3, 0.4) is 0 Å². The van der Waals surface area contributed by atoms with Crippen LogP contribution in [0.15, 0.2) is 42.5 Å². The number of carbonyl (C=O) groups excluding carboxylic acids is 1. The lowest BCUT2D eigenvalue weighted by atomic mass is 9.78. The Bertz CT molecular complexity index is 962. The number of carbonyl (C=O) groups is 1. The minimum Gasteiger partial charge on any atom is -0.454 e. The van der Waals surface area contributed by atoms with Crippen molar-refractivity contribution in [1.29, 1.82) is 0 Å². The number of nitrogens with zero attached hydrogens (tertiary/aromatic N) is 1. The minimum atomic E-state index is -0.0573. The molecule has 4 atom stereocenters. The lowest BCUT2D eigenvalue weighted by Crippen LogP contribution is -2.70. The molecule has 0 saturated carbocycles. The second-order valence-corrected chi connectivity index (χ2v) is 8.03. The van der Waals surface area contributed by atoms with E-state index in [-0.39, 0.29) is 30.9 Å². The molecule has 4 unspecified atom stereocenters. The van der Waals surface area contributed by atoms with Crippen molar-refractivity contribution in [3.8, 4) is 17.2 Å². The van der Waals surface area contributed by atoms with Gasteiger partial charge in [0.05, 0.1) is 18.7 Å². The van der Waals surface area contributed by atoms with E-state index in [4.69, 9.17) is 19.0 Å². The second-order valence-electron chi connectivity index (χ2n) is 8.03. The monoisotopic (exact) mass is 394 g/mol. The summed E-state index contributed by atoms with van der Waals surface area (Å²) in [4.78, 5) is 20.8. The molecule has 2 aromatic rings. The van der Waals surface area contributed by atoms with Gasteiger partial charge in [-0.15, -0.1) is 0 Å². The molecule has 7 rings (SSSR count). The van der Waals surface area contributed by atoms with Crippen LogP contribution in [-0.4, -0.2) is 48.9 Å². The van der Waals surface area contributed by atoms with Crippen molar-refractivity contribution in [2.45, 2.75) is 31.2 Å². The third-order valence-electron chi connectivity index (χ3n) is 6.37. The number of Topliss-reactive ketones (excluding diaryl/α,β-unsaturated/α-hetero) is 1. The number of hydrogen-bond donors (Lipinski definition) is 1. The lowest BCUT2D eigenvalue weighted by molar-refractivity contribution is -0.290. The summed E-state index contributed by atoms with van der Waals surface area (Å²) in [6.07, 6.45) is 2.00. The summed E-state index contributed by atoms with van der Waals surface area (Å²) in [5.41, 5.74) is 5.07. The zero-order valence-corrected chi connectivity index (χ0v) is 15.9. The first kappa shape index (κ1) is 17.3. The summed E-state index contributed by atoms with van der Waals surface area (Å²) in [6.45, 7) is 1.40. The summed E-state index contributed by atoms with van der Waals surface area (Å²) in [6, 6.07) is 13.7. The molecule has 2 aromatic carbocycles. The van der Waals surface area contributed by atoms with E-state index in [1.165, 1.54) is 5.56 Å². The zero-order chi connectivity index (χ0) is 19.4. The van der Waals surface area contributed by atoms with Crippen molar-refractivity contribution in [2.24, 2.45) is 5.92 Å². The number of nitrogens with one attached hydrogen (secondary N) is 1. The number of piperidine rings is 1. The van der Waals surface area contributed by atoms with Crippen LogP contribution in [0.1, 0.15) is 22.3 Å². The van der Waals surface area contributed by atoms with Crippen LogP contribution in [0.2, 0.25) is 0 Å². The maximum absolute atomic E-state index is 12.9. The van der Waals surface area contributed by atoms with Gasteiger partial charge in [-0.25, -0.2) is 0 Å². The normalized spacial score (nSPS) is 29.5. The third-order valence-corrected chi connectivity index (χ3v) is 6.37. The van der Waals surface area contributed by atoms with Gasteiger partial charge in [0.15, 0.2) is 17.3 Å². The molecule has 0 aromatic heterocycles. The fourth-order valence-corrected chi connectivity index (χ4v) is 4.84. The molecule has 0 spiro atoms. The second kappa shape index (κ2) is 6.73. The molecule has 5 aliphatic heterocycles. The highest BCUT2D eigenvalue weighted by atomic mass is 16.7. The molecule has 3 saturated heterocycles. The first-order valence-corrected chi connectivity index (χ1v) is 10.1. The number of ketones is 1. The SMILES string of the molecule is O=C(CN1CCC2OC1C2C1Cc2ccccc2ON1)c1ccc2c(c1)OCO2. The fourth-order valence-electron chi connectivity index (χ4n) is 4.84. The van der Waals surface area contributed by atoms with Crippen molar-refractivity contribution in [3.63, 3.8) is 0 Å². The molecule has 7 nitrogen and oxygen atoms in total. The van der Waals surface area contributed by atoms with Gasteiger partial charge in [-0.2, -0.15) is 5.48 Å². The van der Waals surface area contributed by atoms with Crippen LogP contribution in [0, 0.1) is 5.92 Å². The largest absolute Gasteiger partial charge is 0.454 e. The molecule has 5 heterocycles. The van der Waals surface area contributed by atoms with Gasteiger partial charge in [0.1, 0.15) is 12.0 Å². The number of hydroxylamine groups is 1. The molecule has 2 bridgehead atoms. The van der Waals surface area contributed by atoms with Crippen LogP contribution in [0.4, 0.5) is 0 Å². The Hall–Kier alpha value is -2.61. The maximum Gasteiger partial charge on any atom is 0.231 e. The Balaban J connectivity index is 1.15. The van der Waals surface area contributed by atoms with Gasteiger partial charge in [-0.3, -0.25) is 9.69 Å². The molecular formula is C22H22N2O5. The summed E-state index contributed by atoms with van der Waals surface area (Å²) < 4.78 is 16.8. The van der Waals surface area contributed by atoms with E-state index in [0.29, 0.717) is 29.5 Å². The first-order valence-electron chi connectivity index (χ1n) is 10.1. The number of para-hydroxylation sites is 1. The highest BCUT2D eigenvalue weighted by Crippen LogP contribution is 2.42. The molecule has 7 heteroatoms. The van der Waals surface area contributed by atoms with E-state index in [1.807, 2.05) is 18.2 Å². The van der Waals surface area contributed by atoms with Crippen LogP contribution in [-0.2, 0) is 11.2 Å². The summed E-state index contributed by atoms with van der Waals surface area (Å²) >= 11 is 0. The fraction of sp³-hybridized carbons (Fsp3) is 0.409. The quantitative estimate of drug-likeness (QED) is 0.797. The zero-order valence-electron chi connectivity index (χ0n) is 15.9. The molecule has 0 aliphatic carbocycles. The topological polar surface area (TPSA) is 69.3 Å². The van der Waals surface area contributed by atoms with Gasteiger partial charge in [0.2, 0.25) is 6.79 Å². The van der Waals surface area contributed by atoms with E-state index in [9.17, 15) is 4.79 Å². The van der Waals surface area contributed by atoms with Crippen molar-refractivity contribution in [3.05, 3.63) is 53.6 Å². The maximum atomic E-state index is 12.9. The van der Waals surface area contributed by atoms with Gasteiger partial charge in [-0.1, -0.05) is 18.2 Å². The minimum absolute atomic E-state index is 0.0573. The number of hydrogen-bond acceptors (Lipinski definition) is 7. The van der Waals surface area contributed by atoms with E-state index in [2.05, 4.69) is 16.4 Å². The summed E-state index contributed by atoms with van der Waals surface area (Å²) in [7, 11) is 0. The molecule has 0 amide bonds. The summed E-state index contributed by atoms with van der Waals surface area (Å²) in [5.74, 6) is 2.59. The predicted octanol–water partition coefficient (Wildman–Crippen LogP) is 2.15. The number of ether oxygens (including phenoxy) is 3. The Labute approximate surface area is 168 Å². The van der Waals surface area contributed by atoms with E-state index in [0.717, 1.165) is 25.1 Å². The van der Waals surface area contributed by atoms with Crippen LogP contribution < -0.4 is 19.8 Å². The third kappa shape index (κ3) is 2.88. The highest BCUT2D eigenvalue weighted by Gasteiger charge is 2.53. The van der Waals surface area contributed by atoms with E-state index in [1.54, 1.807) is 18.2 Å². The van der Waals surface area contributed by atoms with Crippen LogP contribution >= 0.6 is 0 Å². The van der Waals surface area contributed by atoms with Gasteiger partial charge in [0, 0.05) is 18.0 Å². The molecular weight excluding hydrogens is 372 g/mol. The summed E-state index contributed by atoms with van der Waals surface area (Å²) in [5, 5.41) is 0. The lowest BCUT2D eigenvalue weighted by Gasteiger charge is -2.57. The first-order chi connectivity index (χ1) is 14.3. The Morgan fingerprint density at radius 3 is 2.93 bits per heavy atom. The molecule has 1 N–H and O–H groups in total. The van der Waals surface area contributed by atoms with Gasteiger partial charge < -0.3 is 19.0 Å². The predicted molar refractivity (Wildman–Crippen MR) is 103 cm³/mol. The molecule has 150 valence electrons. The Morgan fingerprint density at radius 2 is 2.00 bits per heavy atom. The standard InChI is InChI=1S/C22H22N2O5/c25-16(13-5-6-18-20(10-13)27-12-26-18)11-24-8-7-19-21(22(24)28-19)15-9-14-3-1-2-4-17(14)29-23-15/h1-6,10,15,19,21-23H,7-9,11-12H2. The van der Waals surface area contributed by atoms with Gasteiger partial charge >= 0.3 is 0 Å². The number of benzene rings is 2. The average molecular weight is 394 g/mol. The number of rotatable bonds is 4. The van der Waals surface area contributed by atoms with Crippen molar-refractivity contribution < 1.29 is 23.8 Å². The molecule has 0 radical (unpaired) electrons. The van der Waals surface area contributed by atoms with Crippen LogP contribution in [0.25, 0.3) is 0 Å². The molecule has 5 aliphatic rings. The van der Waals surface area contributed by atoms with Crippen molar-refractivity contribution in [2.75, 3.05) is 19.9 Å².